The van der Waals surface area contributed by atoms with E-state index in [0.717, 1.165) is 6.07 Å². The second-order valence-electron chi connectivity index (χ2n) is 3.40. The van der Waals surface area contributed by atoms with Gasteiger partial charge in [-0.2, -0.15) is 13.2 Å². The number of benzene rings is 1. The first kappa shape index (κ1) is 11.4. The van der Waals surface area contributed by atoms with Crippen LogP contribution < -0.4 is 5.32 Å². The van der Waals surface area contributed by atoms with E-state index < -0.39 is 11.9 Å². The molecule has 1 heterocycles. The molecule has 0 amide bonds. The van der Waals surface area contributed by atoms with E-state index in [1.54, 1.807) is 24.3 Å². The van der Waals surface area contributed by atoms with Crippen molar-refractivity contribution < 1.29 is 13.2 Å². The molecular formula is C12H9F3N2. The highest BCUT2D eigenvalue weighted by molar-refractivity contribution is 5.55. The molecule has 2 aromatic rings. The number of anilines is 2. The molecule has 0 spiro atoms. The fourth-order valence-electron chi connectivity index (χ4n) is 1.33. The molecule has 0 aliphatic rings. The lowest BCUT2D eigenvalue weighted by Gasteiger charge is -2.09. The Kier molecular flexibility index (Phi) is 2.99. The van der Waals surface area contributed by atoms with Crippen molar-refractivity contribution in [3.63, 3.8) is 0 Å². The Balaban J connectivity index is 2.23. The maximum absolute atomic E-state index is 12.4. The normalized spacial score (nSPS) is 11.2. The quantitative estimate of drug-likeness (QED) is 0.859. The van der Waals surface area contributed by atoms with Gasteiger partial charge in [-0.25, -0.2) is 4.98 Å². The van der Waals surface area contributed by atoms with Crippen molar-refractivity contribution in [1.82, 2.24) is 4.98 Å². The van der Waals surface area contributed by atoms with Crippen LogP contribution >= 0.6 is 0 Å². The second kappa shape index (κ2) is 4.45. The summed E-state index contributed by atoms with van der Waals surface area (Å²) in [5.41, 5.74) is -0.210. The number of hydrogen-bond donors (Lipinski definition) is 1. The Morgan fingerprint density at radius 2 is 1.59 bits per heavy atom. The first-order valence-corrected chi connectivity index (χ1v) is 4.92. The molecule has 0 unspecified atom stereocenters. The smallest absolute Gasteiger partial charge is 0.340 e. The van der Waals surface area contributed by atoms with E-state index in [4.69, 9.17) is 0 Å². The average Bonchev–Trinajstić information content (AvgIpc) is 2.29. The Morgan fingerprint density at radius 1 is 0.882 bits per heavy atom. The lowest BCUT2D eigenvalue weighted by molar-refractivity contribution is -0.141. The average molecular weight is 238 g/mol. The minimum Gasteiger partial charge on any atom is -0.340 e. The van der Waals surface area contributed by atoms with E-state index in [1.165, 1.54) is 12.1 Å². The van der Waals surface area contributed by atoms with Gasteiger partial charge in [0.2, 0.25) is 0 Å². The molecule has 0 radical (unpaired) electrons. The molecule has 1 aromatic carbocycles. The van der Waals surface area contributed by atoms with Gasteiger partial charge in [0.05, 0.1) is 0 Å². The number of aromatic nitrogens is 1. The molecule has 88 valence electrons. The van der Waals surface area contributed by atoms with Gasteiger partial charge in [0.1, 0.15) is 11.5 Å². The lowest BCUT2D eigenvalue weighted by atomic mass is 10.3. The summed E-state index contributed by atoms with van der Waals surface area (Å²) < 4.78 is 37.2. The van der Waals surface area contributed by atoms with Gasteiger partial charge in [-0.05, 0) is 24.3 Å². The van der Waals surface area contributed by atoms with Crippen LogP contribution in [0.3, 0.4) is 0 Å². The van der Waals surface area contributed by atoms with E-state index in [9.17, 15) is 13.2 Å². The van der Waals surface area contributed by atoms with Crippen LogP contribution in [0.1, 0.15) is 5.69 Å². The number of rotatable bonds is 2. The van der Waals surface area contributed by atoms with Gasteiger partial charge in [0.25, 0.3) is 0 Å². The molecule has 17 heavy (non-hydrogen) atoms. The summed E-state index contributed by atoms with van der Waals surface area (Å²) in [7, 11) is 0. The molecule has 0 aliphatic carbocycles. The maximum atomic E-state index is 12.4. The maximum Gasteiger partial charge on any atom is 0.433 e. The van der Waals surface area contributed by atoms with Gasteiger partial charge in [-0.3, -0.25) is 0 Å². The molecule has 0 fully saturated rings. The SMILES string of the molecule is FC(F)(F)c1cccc(Nc2ccccc2)n1. The predicted octanol–water partition coefficient (Wildman–Crippen LogP) is 3.84. The number of hydrogen-bond acceptors (Lipinski definition) is 2. The summed E-state index contributed by atoms with van der Waals surface area (Å²) >= 11 is 0. The standard InChI is InChI=1S/C12H9F3N2/c13-12(14,15)10-7-4-8-11(17-10)16-9-5-2-1-3-6-9/h1-8H,(H,16,17). The summed E-state index contributed by atoms with van der Waals surface area (Å²) in [6, 6.07) is 12.7. The van der Waals surface area contributed by atoms with Crippen LogP contribution in [0.15, 0.2) is 48.5 Å². The number of pyridine rings is 1. The van der Waals surface area contributed by atoms with Gasteiger partial charge in [0.15, 0.2) is 0 Å². The van der Waals surface area contributed by atoms with Crippen molar-refractivity contribution in [2.75, 3.05) is 5.32 Å². The van der Waals surface area contributed by atoms with Gasteiger partial charge >= 0.3 is 6.18 Å². The van der Waals surface area contributed by atoms with Crippen LogP contribution in [-0.2, 0) is 6.18 Å². The number of alkyl halides is 3. The molecule has 2 nitrogen and oxygen atoms in total. The number of nitrogens with zero attached hydrogens (tertiary/aromatic N) is 1. The number of halogens is 3. The fourth-order valence-corrected chi connectivity index (χ4v) is 1.33. The Bertz CT molecular complexity index is 495. The van der Waals surface area contributed by atoms with Crippen molar-refractivity contribution in [3.8, 4) is 0 Å². The Hall–Kier alpha value is -2.04. The summed E-state index contributed by atoms with van der Waals surface area (Å²) in [5.74, 6) is 0.172. The third-order valence-electron chi connectivity index (χ3n) is 2.09. The molecule has 0 aliphatic heterocycles. The molecule has 2 rings (SSSR count). The molecule has 0 saturated heterocycles. The van der Waals surface area contributed by atoms with Gasteiger partial charge in [0, 0.05) is 5.69 Å². The van der Waals surface area contributed by atoms with Gasteiger partial charge in [-0.15, -0.1) is 0 Å². The summed E-state index contributed by atoms with van der Waals surface area (Å²) in [4.78, 5) is 3.50. The van der Waals surface area contributed by atoms with Crippen LogP contribution in [-0.4, -0.2) is 4.98 Å². The van der Waals surface area contributed by atoms with Gasteiger partial charge < -0.3 is 5.32 Å². The minimum absolute atomic E-state index is 0.172. The molecule has 0 bridgehead atoms. The molecule has 1 aromatic heterocycles. The number of nitrogens with one attached hydrogen (secondary N) is 1. The molecule has 1 N–H and O–H groups in total. The molecule has 0 atom stereocenters. The Labute approximate surface area is 96.1 Å². The predicted molar refractivity (Wildman–Crippen MR) is 59.0 cm³/mol. The summed E-state index contributed by atoms with van der Waals surface area (Å²) in [6.45, 7) is 0. The molecule has 5 heteroatoms. The zero-order valence-corrected chi connectivity index (χ0v) is 8.70. The monoisotopic (exact) mass is 238 g/mol. The van der Waals surface area contributed by atoms with Crippen molar-refractivity contribution in [2.45, 2.75) is 6.18 Å². The second-order valence-corrected chi connectivity index (χ2v) is 3.40. The zero-order chi connectivity index (χ0) is 12.3. The van der Waals surface area contributed by atoms with Crippen molar-refractivity contribution >= 4 is 11.5 Å². The van der Waals surface area contributed by atoms with E-state index in [1.807, 2.05) is 6.07 Å². The van der Waals surface area contributed by atoms with Crippen molar-refractivity contribution in [2.24, 2.45) is 0 Å². The topological polar surface area (TPSA) is 24.9 Å². The van der Waals surface area contributed by atoms with Crippen LogP contribution in [0.2, 0.25) is 0 Å². The number of para-hydroxylation sites is 1. The van der Waals surface area contributed by atoms with Crippen LogP contribution in [0.4, 0.5) is 24.7 Å². The van der Waals surface area contributed by atoms with Crippen LogP contribution in [0.5, 0.6) is 0 Å². The summed E-state index contributed by atoms with van der Waals surface area (Å²) in [5, 5.41) is 2.81. The summed E-state index contributed by atoms with van der Waals surface area (Å²) in [6.07, 6.45) is -4.42. The lowest BCUT2D eigenvalue weighted by Crippen LogP contribution is -2.08. The van der Waals surface area contributed by atoms with E-state index in [2.05, 4.69) is 10.3 Å². The fraction of sp³-hybridized carbons (Fsp3) is 0.0833. The van der Waals surface area contributed by atoms with Crippen molar-refractivity contribution in [1.29, 1.82) is 0 Å². The first-order chi connectivity index (χ1) is 8.05. The van der Waals surface area contributed by atoms with E-state index >= 15 is 0 Å². The highest BCUT2D eigenvalue weighted by atomic mass is 19.4. The Morgan fingerprint density at radius 3 is 2.24 bits per heavy atom. The highest BCUT2D eigenvalue weighted by Crippen LogP contribution is 2.28. The zero-order valence-electron chi connectivity index (χ0n) is 8.70. The molecular weight excluding hydrogens is 229 g/mol. The van der Waals surface area contributed by atoms with E-state index in [-0.39, 0.29) is 5.82 Å². The molecule has 0 saturated carbocycles. The highest BCUT2D eigenvalue weighted by Gasteiger charge is 2.32. The van der Waals surface area contributed by atoms with Crippen molar-refractivity contribution in [3.05, 3.63) is 54.2 Å². The minimum atomic E-state index is -4.42. The first-order valence-electron chi connectivity index (χ1n) is 4.92. The third kappa shape index (κ3) is 2.96. The van der Waals surface area contributed by atoms with Crippen LogP contribution in [0, 0.1) is 0 Å². The van der Waals surface area contributed by atoms with Gasteiger partial charge in [-0.1, -0.05) is 24.3 Å². The third-order valence-corrected chi connectivity index (χ3v) is 2.09. The largest absolute Gasteiger partial charge is 0.433 e. The van der Waals surface area contributed by atoms with E-state index in [0.29, 0.717) is 5.69 Å². The van der Waals surface area contributed by atoms with Crippen LogP contribution in [0.25, 0.3) is 0 Å².